The van der Waals surface area contributed by atoms with E-state index in [1.165, 1.54) is 7.11 Å². The molecule has 0 aliphatic heterocycles. The lowest BCUT2D eigenvalue weighted by Gasteiger charge is -2.12. The Balaban J connectivity index is 4.09. The van der Waals surface area contributed by atoms with Gasteiger partial charge in [0.15, 0.2) is 0 Å². The van der Waals surface area contributed by atoms with Gasteiger partial charge in [0.1, 0.15) is 5.78 Å². The van der Waals surface area contributed by atoms with E-state index in [4.69, 9.17) is 0 Å². The molecule has 14 heavy (non-hydrogen) atoms. The fraction of sp³-hybridized carbons (Fsp3) is 0.818. The monoisotopic (exact) mass is 200 g/mol. The number of esters is 1. The van der Waals surface area contributed by atoms with Crippen LogP contribution in [0.4, 0.5) is 0 Å². The zero-order valence-corrected chi connectivity index (χ0v) is 9.34. The molecule has 0 heterocycles. The number of hydrogen-bond donors (Lipinski definition) is 0. The highest BCUT2D eigenvalue weighted by Crippen LogP contribution is 2.16. The van der Waals surface area contributed by atoms with Crippen LogP contribution in [0.1, 0.15) is 46.0 Å². The van der Waals surface area contributed by atoms with Crippen LogP contribution in [0.3, 0.4) is 0 Å². The van der Waals surface area contributed by atoms with Crippen molar-refractivity contribution >= 4 is 11.8 Å². The third kappa shape index (κ3) is 5.00. The number of ether oxygens (including phenoxy) is 1. The molecule has 0 fully saturated rings. The minimum absolute atomic E-state index is 0.132. The van der Waals surface area contributed by atoms with Crippen LogP contribution in [0.25, 0.3) is 0 Å². The molecule has 0 aliphatic rings. The van der Waals surface area contributed by atoms with Gasteiger partial charge in [-0.1, -0.05) is 26.7 Å². The standard InChI is InChI=1S/C11H20O3/c1-4-6-7-9(10(12)5-2)8-11(13)14-3/h9H,4-8H2,1-3H3/t9-/m1/s1. The molecule has 0 saturated heterocycles. The van der Waals surface area contributed by atoms with Gasteiger partial charge in [-0.25, -0.2) is 0 Å². The zero-order valence-electron chi connectivity index (χ0n) is 9.34. The number of rotatable bonds is 7. The quantitative estimate of drug-likeness (QED) is 0.592. The Bertz CT molecular complexity index is 187. The molecule has 0 N–H and O–H groups in total. The molecule has 0 saturated carbocycles. The molecule has 82 valence electrons. The molecule has 0 spiro atoms. The second-order valence-corrected chi connectivity index (χ2v) is 3.44. The molecule has 3 heteroatoms. The van der Waals surface area contributed by atoms with Crippen molar-refractivity contribution in [3.05, 3.63) is 0 Å². The van der Waals surface area contributed by atoms with E-state index in [2.05, 4.69) is 11.7 Å². The van der Waals surface area contributed by atoms with Crippen molar-refractivity contribution in [2.45, 2.75) is 46.0 Å². The number of ketones is 1. The Morgan fingerprint density at radius 1 is 1.29 bits per heavy atom. The van der Waals surface area contributed by atoms with Crippen molar-refractivity contribution in [2.75, 3.05) is 7.11 Å². The number of carbonyl (C=O) groups excluding carboxylic acids is 2. The molecule has 0 aromatic heterocycles. The van der Waals surface area contributed by atoms with Crippen molar-refractivity contribution in [1.29, 1.82) is 0 Å². The molecule has 0 amide bonds. The van der Waals surface area contributed by atoms with Gasteiger partial charge in [0, 0.05) is 12.3 Å². The third-order valence-electron chi connectivity index (χ3n) is 2.35. The predicted molar refractivity (Wildman–Crippen MR) is 54.9 cm³/mol. The minimum atomic E-state index is -0.284. The van der Waals surface area contributed by atoms with Gasteiger partial charge in [-0.2, -0.15) is 0 Å². The number of methoxy groups -OCH3 is 1. The van der Waals surface area contributed by atoms with Gasteiger partial charge < -0.3 is 4.74 Å². The van der Waals surface area contributed by atoms with Gasteiger partial charge >= 0.3 is 5.97 Å². The topological polar surface area (TPSA) is 43.4 Å². The third-order valence-corrected chi connectivity index (χ3v) is 2.35. The Morgan fingerprint density at radius 2 is 1.93 bits per heavy atom. The first kappa shape index (κ1) is 13.1. The SMILES string of the molecule is CCCC[C@H](CC(=O)OC)C(=O)CC. The highest BCUT2D eigenvalue weighted by atomic mass is 16.5. The minimum Gasteiger partial charge on any atom is -0.469 e. The maximum Gasteiger partial charge on any atom is 0.306 e. The maximum atomic E-state index is 11.5. The van der Waals surface area contributed by atoms with Crippen molar-refractivity contribution in [3.8, 4) is 0 Å². The van der Waals surface area contributed by atoms with Crippen molar-refractivity contribution in [2.24, 2.45) is 5.92 Å². The lowest BCUT2D eigenvalue weighted by molar-refractivity contribution is -0.144. The molecule has 0 radical (unpaired) electrons. The number of hydrogen-bond acceptors (Lipinski definition) is 3. The summed E-state index contributed by atoms with van der Waals surface area (Å²) in [5, 5.41) is 0. The number of unbranched alkanes of at least 4 members (excludes halogenated alkanes) is 1. The second-order valence-electron chi connectivity index (χ2n) is 3.44. The average molecular weight is 200 g/mol. The van der Waals surface area contributed by atoms with Crippen LogP contribution in [-0.2, 0) is 14.3 Å². The summed E-state index contributed by atoms with van der Waals surface area (Å²) in [6.45, 7) is 3.91. The van der Waals surface area contributed by atoms with Crippen molar-refractivity contribution < 1.29 is 14.3 Å². The Labute approximate surface area is 85.8 Å². The van der Waals surface area contributed by atoms with Crippen LogP contribution in [0, 0.1) is 5.92 Å². The fourth-order valence-electron chi connectivity index (χ4n) is 1.40. The summed E-state index contributed by atoms with van der Waals surface area (Å²) in [5.74, 6) is -0.246. The molecule has 0 aromatic carbocycles. The van der Waals surface area contributed by atoms with Gasteiger partial charge in [-0.15, -0.1) is 0 Å². The molecule has 0 rings (SSSR count). The smallest absolute Gasteiger partial charge is 0.306 e. The van der Waals surface area contributed by atoms with Gasteiger partial charge in [0.25, 0.3) is 0 Å². The zero-order chi connectivity index (χ0) is 11.0. The summed E-state index contributed by atoms with van der Waals surface area (Å²) >= 11 is 0. The molecule has 0 unspecified atom stereocenters. The summed E-state index contributed by atoms with van der Waals surface area (Å²) < 4.78 is 4.56. The number of carbonyl (C=O) groups is 2. The lowest BCUT2D eigenvalue weighted by Crippen LogP contribution is -2.18. The van der Waals surface area contributed by atoms with Crippen LogP contribution in [0.2, 0.25) is 0 Å². The summed E-state index contributed by atoms with van der Waals surface area (Å²) in [5.41, 5.74) is 0. The lowest BCUT2D eigenvalue weighted by atomic mass is 9.93. The van der Waals surface area contributed by atoms with Crippen LogP contribution >= 0.6 is 0 Å². The highest BCUT2D eigenvalue weighted by Gasteiger charge is 2.19. The van der Waals surface area contributed by atoms with E-state index in [1.54, 1.807) is 0 Å². The summed E-state index contributed by atoms with van der Waals surface area (Å²) in [6.07, 6.45) is 3.59. The van der Waals surface area contributed by atoms with E-state index >= 15 is 0 Å². The first-order chi connectivity index (χ1) is 6.65. The van der Waals surface area contributed by atoms with Crippen molar-refractivity contribution in [3.63, 3.8) is 0 Å². The van der Waals surface area contributed by atoms with Gasteiger partial charge in [-0.3, -0.25) is 9.59 Å². The summed E-state index contributed by atoms with van der Waals surface area (Å²) in [4.78, 5) is 22.5. The first-order valence-corrected chi connectivity index (χ1v) is 5.25. The van der Waals surface area contributed by atoms with E-state index in [0.29, 0.717) is 6.42 Å². The first-order valence-electron chi connectivity index (χ1n) is 5.25. The summed E-state index contributed by atoms with van der Waals surface area (Å²) in [7, 11) is 1.36. The Kier molecular flexibility index (Phi) is 7.07. The van der Waals surface area contributed by atoms with Crippen molar-refractivity contribution in [1.82, 2.24) is 0 Å². The maximum absolute atomic E-state index is 11.5. The molecule has 3 nitrogen and oxygen atoms in total. The molecular formula is C11H20O3. The molecule has 0 aromatic rings. The van der Waals surface area contributed by atoms with Crippen LogP contribution in [0.15, 0.2) is 0 Å². The van der Waals surface area contributed by atoms with E-state index in [-0.39, 0.29) is 24.1 Å². The van der Waals surface area contributed by atoms with Crippen LogP contribution in [0.5, 0.6) is 0 Å². The van der Waals surface area contributed by atoms with E-state index in [9.17, 15) is 9.59 Å². The van der Waals surface area contributed by atoms with E-state index in [1.807, 2.05) is 6.92 Å². The van der Waals surface area contributed by atoms with Crippen LogP contribution in [-0.4, -0.2) is 18.9 Å². The average Bonchev–Trinajstić information content (AvgIpc) is 2.22. The molecular weight excluding hydrogens is 180 g/mol. The van der Waals surface area contributed by atoms with Gasteiger partial charge in [0.05, 0.1) is 13.5 Å². The molecule has 0 aliphatic carbocycles. The van der Waals surface area contributed by atoms with Gasteiger partial charge in [0.2, 0.25) is 0 Å². The van der Waals surface area contributed by atoms with Crippen LogP contribution < -0.4 is 0 Å². The summed E-state index contributed by atoms with van der Waals surface area (Å²) in [6, 6.07) is 0. The molecule has 0 bridgehead atoms. The highest BCUT2D eigenvalue weighted by molar-refractivity contribution is 5.85. The molecule has 1 atom stereocenters. The largest absolute Gasteiger partial charge is 0.469 e. The predicted octanol–water partition coefficient (Wildman–Crippen LogP) is 2.33. The van der Waals surface area contributed by atoms with Gasteiger partial charge in [-0.05, 0) is 6.42 Å². The Hall–Kier alpha value is -0.860. The van der Waals surface area contributed by atoms with E-state index in [0.717, 1.165) is 19.3 Å². The Morgan fingerprint density at radius 3 is 2.36 bits per heavy atom. The normalized spacial score (nSPS) is 12.2. The van der Waals surface area contributed by atoms with E-state index < -0.39 is 0 Å². The second kappa shape index (κ2) is 7.54. The number of Topliss-reactive ketones (excluding diaryl/α,β-unsaturated/α-hetero) is 1. The fourth-order valence-corrected chi connectivity index (χ4v) is 1.40.